The second-order valence-electron chi connectivity index (χ2n) is 5.71. The molecule has 1 amide bonds. The summed E-state index contributed by atoms with van der Waals surface area (Å²) in [6, 6.07) is 8.69. The normalized spacial score (nSPS) is 10.3. The Bertz CT molecular complexity index is 794. The maximum absolute atomic E-state index is 12.5. The van der Waals surface area contributed by atoms with Gasteiger partial charge in [0.25, 0.3) is 5.91 Å². The first-order chi connectivity index (χ1) is 13.0. The van der Waals surface area contributed by atoms with E-state index in [-0.39, 0.29) is 5.91 Å². The molecule has 27 heavy (non-hydrogen) atoms. The van der Waals surface area contributed by atoms with Crippen molar-refractivity contribution in [2.45, 2.75) is 19.9 Å². The summed E-state index contributed by atoms with van der Waals surface area (Å²) < 4.78 is 21.4. The molecule has 2 rings (SSSR count). The molecule has 0 fully saturated rings. The lowest BCUT2D eigenvalue weighted by Gasteiger charge is -2.13. The third-order valence-corrected chi connectivity index (χ3v) is 4.12. The molecule has 7 heteroatoms. The van der Waals surface area contributed by atoms with Crippen molar-refractivity contribution < 1.29 is 23.7 Å². The van der Waals surface area contributed by atoms with Gasteiger partial charge in [-0.05, 0) is 36.2 Å². The fourth-order valence-corrected chi connectivity index (χ4v) is 2.77. The molecule has 6 nitrogen and oxygen atoms in total. The third-order valence-electron chi connectivity index (χ3n) is 3.84. The minimum Gasteiger partial charge on any atom is -0.493 e. The quantitative estimate of drug-likeness (QED) is 0.695. The highest BCUT2D eigenvalue weighted by atomic mass is 35.5. The van der Waals surface area contributed by atoms with Crippen LogP contribution in [0.2, 0.25) is 5.02 Å². The Morgan fingerprint density at radius 1 is 1.00 bits per heavy atom. The van der Waals surface area contributed by atoms with Gasteiger partial charge in [-0.25, -0.2) is 0 Å². The minimum atomic E-state index is -0.275. The van der Waals surface area contributed by atoms with Crippen molar-refractivity contribution >= 4 is 17.5 Å². The molecular weight excluding hydrogens is 370 g/mol. The highest BCUT2D eigenvalue weighted by Gasteiger charge is 2.15. The Kier molecular flexibility index (Phi) is 7.61. The Labute approximate surface area is 164 Å². The van der Waals surface area contributed by atoms with Gasteiger partial charge in [-0.3, -0.25) is 4.79 Å². The number of carbonyl (C=O) groups is 1. The summed E-state index contributed by atoms with van der Waals surface area (Å²) in [5.41, 5.74) is 1.27. The zero-order chi connectivity index (χ0) is 19.8. The summed E-state index contributed by atoms with van der Waals surface area (Å²) in [4.78, 5) is 12.5. The molecule has 0 aliphatic carbocycles. The Morgan fingerprint density at radius 3 is 2.37 bits per heavy atom. The molecule has 0 aliphatic rings. The van der Waals surface area contributed by atoms with E-state index in [1.807, 2.05) is 25.1 Å². The Balaban J connectivity index is 2.10. The van der Waals surface area contributed by atoms with Crippen molar-refractivity contribution in [2.24, 2.45) is 0 Å². The summed E-state index contributed by atoms with van der Waals surface area (Å²) >= 11 is 6.16. The highest BCUT2D eigenvalue weighted by Crippen LogP contribution is 2.36. The van der Waals surface area contributed by atoms with E-state index in [0.717, 1.165) is 12.0 Å². The van der Waals surface area contributed by atoms with Gasteiger partial charge in [-0.15, -0.1) is 0 Å². The number of rotatable bonds is 9. The van der Waals surface area contributed by atoms with E-state index in [0.29, 0.717) is 46.7 Å². The van der Waals surface area contributed by atoms with Gasteiger partial charge in [0.1, 0.15) is 0 Å². The molecule has 0 spiro atoms. The van der Waals surface area contributed by atoms with E-state index < -0.39 is 0 Å². The molecule has 2 aromatic rings. The lowest BCUT2D eigenvalue weighted by Crippen LogP contribution is -2.23. The molecule has 0 atom stereocenters. The molecule has 0 aromatic heterocycles. The average Bonchev–Trinajstić information content (AvgIpc) is 2.69. The van der Waals surface area contributed by atoms with Crippen molar-refractivity contribution in [3.05, 3.63) is 46.5 Å². The number of ether oxygens (including phenoxy) is 4. The molecule has 0 aliphatic heterocycles. The predicted octanol–water partition coefficient (Wildman–Crippen LogP) is 4.08. The lowest BCUT2D eigenvalue weighted by molar-refractivity contribution is 0.0950. The first kappa shape index (κ1) is 20.7. The number of nitrogens with one attached hydrogen (secondary N) is 1. The standard InChI is InChI=1S/C20H24ClNO5/c1-5-8-27-16-7-6-13(9-17(16)24-2)12-22-20(23)14-10-15(21)19(26-4)18(11-14)25-3/h6-7,9-11H,5,8,12H2,1-4H3,(H,22,23). The maximum Gasteiger partial charge on any atom is 0.251 e. The molecule has 0 unspecified atom stereocenters. The van der Waals surface area contributed by atoms with Crippen LogP contribution in [0.5, 0.6) is 23.0 Å². The van der Waals surface area contributed by atoms with E-state index in [1.54, 1.807) is 19.2 Å². The maximum atomic E-state index is 12.5. The number of amides is 1. The van der Waals surface area contributed by atoms with E-state index in [2.05, 4.69) is 5.32 Å². The number of halogens is 1. The zero-order valence-corrected chi connectivity index (χ0v) is 16.7. The second kappa shape index (κ2) is 9.92. The summed E-state index contributed by atoms with van der Waals surface area (Å²) in [5, 5.41) is 3.16. The fraction of sp³-hybridized carbons (Fsp3) is 0.350. The van der Waals surface area contributed by atoms with Crippen LogP contribution in [0.15, 0.2) is 30.3 Å². The summed E-state index contributed by atoms with van der Waals surface area (Å²) in [6.45, 7) is 2.98. The van der Waals surface area contributed by atoms with Gasteiger partial charge in [0.2, 0.25) is 0 Å². The summed E-state index contributed by atoms with van der Waals surface area (Å²) in [7, 11) is 4.57. The Hall–Kier alpha value is -2.60. The molecule has 0 saturated carbocycles. The molecule has 146 valence electrons. The molecule has 0 heterocycles. The van der Waals surface area contributed by atoms with Crippen LogP contribution in [-0.2, 0) is 6.54 Å². The van der Waals surface area contributed by atoms with E-state index >= 15 is 0 Å². The molecule has 0 radical (unpaired) electrons. The van der Waals surface area contributed by atoms with E-state index in [9.17, 15) is 4.79 Å². The SMILES string of the molecule is CCCOc1ccc(CNC(=O)c2cc(Cl)c(OC)c(OC)c2)cc1OC. The van der Waals surface area contributed by atoms with Crippen LogP contribution < -0.4 is 24.3 Å². The van der Waals surface area contributed by atoms with Crippen LogP contribution >= 0.6 is 11.6 Å². The summed E-state index contributed by atoms with van der Waals surface area (Å²) in [6.07, 6.45) is 0.912. The van der Waals surface area contributed by atoms with Gasteiger partial charge in [0, 0.05) is 12.1 Å². The monoisotopic (exact) mass is 393 g/mol. The first-order valence-electron chi connectivity index (χ1n) is 8.53. The minimum absolute atomic E-state index is 0.275. The van der Waals surface area contributed by atoms with E-state index in [1.165, 1.54) is 14.2 Å². The lowest BCUT2D eigenvalue weighted by atomic mass is 10.1. The topological polar surface area (TPSA) is 66.0 Å². The highest BCUT2D eigenvalue weighted by molar-refractivity contribution is 6.32. The van der Waals surface area contributed by atoms with Gasteiger partial charge >= 0.3 is 0 Å². The zero-order valence-electron chi connectivity index (χ0n) is 15.9. The van der Waals surface area contributed by atoms with Gasteiger partial charge in [0.15, 0.2) is 23.0 Å². The summed E-state index contributed by atoms with van der Waals surface area (Å²) in [5.74, 6) is 1.82. The van der Waals surface area contributed by atoms with Crippen LogP contribution in [0, 0.1) is 0 Å². The van der Waals surface area contributed by atoms with Crippen molar-refractivity contribution in [3.8, 4) is 23.0 Å². The van der Waals surface area contributed by atoms with Crippen LogP contribution in [-0.4, -0.2) is 33.8 Å². The molecule has 2 aromatic carbocycles. The van der Waals surface area contributed by atoms with Crippen LogP contribution in [0.25, 0.3) is 0 Å². The molecule has 1 N–H and O–H groups in total. The fourth-order valence-electron chi connectivity index (χ4n) is 2.49. The van der Waals surface area contributed by atoms with Crippen molar-refractivity contribution in [1.82, 2.24) is 5.32 Å². The van der Waals surface area contributed by atoms with Gasteiger partial charge in [0.05, 0.1) is 33.0 Å². The van der Waals surface area contributed by atoms with Gasteiger partial charge in [-0.1, -0.05) is 24.6 Å². The van der Waals surface area contributed by atoms with Gasteiger partial charge < -0.3 is 24.3 Å². The molecule has 0 bridgehead atoms. The van der Waals surface area contributed by atoms with E-state index in [4.69, 9.17) is 30.5 Å². The van der Waals surface area contributed by atoms with Gasteiger partial charge in [-0.2, -0.15) is 0 Å². The first-order valence-corrected chi connectivity index (χ1v) is 8.91. The molecule has 0 saturated heterocycles. The van der Waals surface area contributed by atoms with Crippen LogP contribution in [0.1, 0.15) is 29.3 Å². The van der Waals surface area contributed by atoms with Crippen LogP contribution in [0.3, 0.4) is 0 Å². The van der Waals surface area contributed by atoms with Crippen LogP contribution in [0.4, 0.5) is 0 Å². The van der Waals surface area contributed by atoms with Crippen molar-refractivity contribution in [1.29, 1.82) is 0 Å². The number of carbonyl (C=O) groups excluding carboxylic acids is 1. The number of hydrogen-bond donors (Lipinski definition) is 1. The average molecular weight is 394 g/mol. The number of methoxy groups -OCH3 is 3. The Morgan fingerprint density at radius 2 is 1.74 bits per heavy atom. The largest absolute Gasteiger partial charge is 0.493 e. The van der Waals surface area contributed by atoms with Crippen molar-refractivity contribution in [2.75, 3.05) is 27.9 Å². The number of hydrogen-bond acceptors (Lipinski definition) is 5. The third kappa shape index (κ3) is 5.20. The second-order valence-corrected chi connectivity index (χ2v) is 6.12. The smallest absolute Gasteiger partial charge is 0.251 e. The molecular formula is C20H24ClNO5. The number of benzene rings is 2. The predicted molar refractivity (Wildman–Crippen MR) is 105 cm³/mol. The van der Waals surface area contributed by atoms with Crippen molar-refractivity contribution in [3.63, 3.8) is 0 Å².